The van der Waals surface area contributed by atoms with E-state index in [1.165, 1.54) is 0 Å². The largest absolute Gasteiger partial charge is 0.352 e. The number of rotatable bonds is 3. The van der Waals surface area contributed by atoms with Gasteiger partial charge in [0.2, 0.25) is 5.91 Å². The summed E-state index contributed by atoms with van der Waals surface area (Å²) in [6, 6.07) is 7.43. The highest BCUT2D eigenvalue weighted by atomic mass is 35.5. The lowest BCUT2D eigenvalue weighted by Crippen LogP contribution is -2.21. The molecule has 1 amide bonds. The molecule has 0 saturated heterocycles. The van der Waals surface area contributed by atoms with Gasteiger partial charge in [0.25, 0.3) is 0 Å². The van der Waals surface area contributed by atoms with Crippen LogP contribution in [0.5, 0.6) is 0 Å². The van der Waals surface area contributed by atoms with E-state index in [4.69, 9.17) is 11.6 Å². The highest BCUT2D eigenvalue weighted by Gasteiger charge is 1.96. The molecule has 0 unspecified atom stereocenters. The molecule has 13 heavy (non-hydrogen) atoms. The zero-order chi connectivity index (χ0) is 9.68. The molecule has 1 rings (SSSR count). The second-order valence-electron chi connectivity index (χ2n) is 2.76. The topological polar surface area (TPSA) is 29.1 Å². The normalized spacial score (nSPS) is 9.69. The molecule has 0 heterocycles. The van der Waals surface area contributed by atoms with Crippen molar-refractivity contribution in [2.45, 2.75) is 19.9 Å². The molecule has 2 nitrogen and oxygen atoms in total. The number of carbonyl (C=O) groups excluding carboxylic acids is 1. The van der Waals surface area contributed by atoms with Gasteiger partial charge >= 0.3 is 0 Å². The van der Waals surface area contributed by atoms with Crippen molar-refractivity contribution in [2.75, 3.05) is 0 Å². The van der Waals surface area contributed by atoms with E-state index in [1.807, 2.05) is 31.2 Å². The summed E-state index contributed by atoms with van der Waals surface area (Å²) >= 11 is 5.71. The van der Waals surface area contributed by atoms with Crippen LogP contribution in [0.2, 0.25) is 5.02 Å². The van der Waals surface area contributed by atoms with Crippen LogP contribution in [0, 0.1) is 0 Å². The maximum atomic E-state index is 10.9. The molecule has 1 aromatic carbocycles. The molecule has 1 N–H and O–H groups in total. The van der Waals surface area contributed by atoms with Crippen LogP contribution < -0.4 is 5.32 Å². The standard InChI is InChI=1S/C10H12ClNO/c1-2-10(13)12-7-8-3-5-9(11)6-4-8/h3-6H,2,7H2,1H3,(H,12,13). The minimum absolute atomic E-state index is 0.0648. The molecule has 0 atom stereocenters. The van der Waals surface area contributed by atoms with E-state index in [0.29, 0.717) is 18.0 Å². The molecule has 3 heteroatoms. The van der Waals surface area contributed by atoms with Crippen LogP contribution in [-0.2, 0) is 11.3 Å². The third-order valence-electron chi connectivity index (χ3n) is 1.72. The van der Waals surface area contributed by atoms with E-state index in [1.54, 1.807) is 0 Å². The summed E-state index contributed by atoms with van der Waals surface area (Å²) in [5, 5.41) is 3.50. The Bertz CT molecular complexity index is 281. The molecule has 0 saturated carbocycles. The number of hydrogen-bond donors (Lipinski definition) is 1. The Kier molecular flexibility index (Phi) is 3.77. The first kappa shape index (κ1) is 10.1. The minimum atomic E-state index is 0.0648. The Labute approximate surface area is 82.9 Å². The first-order chi connectivity index (χ1) is 6.22. The van der Waals surface area contributed by atoms with E-state index >= 15 is 0 Å². The number of nitrogens with one attached hydrogen (secondary N) is 1. The fourth-order valence-corrected chi connectivity index (χ4v) is 1.05. The Morgan fingerprint density at radius 2 is 2.00 bits per heavy atom. The summed E-state index contributed by atoms with van der Waals surface area (Å²) in [6.07, 6.45) is 0.521. The van der Waals surface area contributed by atoms with Gasteiger partial charge < -0.3 is 5.32 Å². The summed E-state index contributed by atoms with van der Waals surface area (Å²) in [5.41, 5.74) is 1.06. The van der Waals surface area contributed by atoms with Gasteiger partial charge in [-0.2, -0.15) is 0 Å². The van der Waals surface area contributed by atoms with Crippen molar-refractivity contribution in [1.29, 1.82) is 0 Å². The fourth-order valence-electron chi connectivity index (χ4n) is 0.928. The average Bonchev–Trinajstić information content (AvgIpc) is 2.16. The molecule has 0 aliphatic carbocycles. The van der Waals surface area contributed by atoms with Gasteiger partial charge in [-0.05, 0) is 17.7 Å². The third kappa shape index (κ3) is 3.47. The van der Waals surface area contributed by atoms with Gasteiger partial charge in [-0.25, -0.2) is 0 Å². The predicted octanol–water partition coefficient (Wildman–Crippen LogP) is 2.37. The zero-order valence-corrected chi connectivity index (χ0v) is 8.27. The maximum Gasteiger partial charge on any atom is 0.219 e. The Hall–Kier alpha value is -1.02. The van der Waals surface area contributed by atoms with Gasteiger partial charge in [0, 0.05) is 18.0 Å². The van der Waals surface area contributed by atoms with Crippen molar-refractivity contribution in [3.8, 4) is 0 Å². The highest BCUT2D eigenvalue weighted by Crippen LogP contribution is 2.08. The number of benzene rings is 1. The Morgan fingerprint density at radius 1 is 1.38 bits per heavy atom. The van der Waals surface area contributed by atoms with Crippen LogP contribution in [0.15, 0.2) is 24.3 Å². The van der Waals surface area contributed by atoms with Crippen molar-refractivity contribution in [3.05, 3.63) is 34.9 Å². The van der Waals surface area contributed by atoms with Crippen LogP contribution in [0.3, 0.4) is 0 Å². The molecule has 0 bridgehead atoms. The predicted molar refractivity (Wildman–Crippen MR) is 53.6 cm³/mol. The molecule has 0 fully saturated rings. The molecule has 0 aromatic heterocycles. The molecule has 0 aliphatic heterocycles. The summed E-state index contributed by atoms with van der Waals surface area (Å²) in [5.74, 6) is 0.0648. The van der Waals surface area contributed by atoms with Crippen LogP contribution in [0.4, 0.5) is 0 Å². The van der Waals surface area contributed by atoms with Gasteiger partial charge in [0.15, 0.2) is 0 Å². The van der Waals surface area contributed by atoms with Crippen molar-refractivity contribution >= 4 is 17.5 Å². The van der Waals surface area contributed by atoms with Gasteiger partial charge in [-0.1, -0.05) is 30.7 Å². The third-order valence-corrected chi connectivity index (χ3v) is 1.98. The Morgan fingerprint density at radius 3 is 2.54 bits per heavy atom. The van der Waals surface area contributed by atoms with Crippen molar-refractivity contribution in [1.82, 2.24) is 5.32 Å². The fraction of sp³-hybridized carbons (Fsp3) is 0.300. The smallest absolute Gasteiger partial charge is 0.219 e. The quantitative estimate of drug-likeness (QED) is 0.792. The summed E-state index contributed by atoms with van der Waals surface area (Å²) in [4.78, 5) is 10.9. The number of hydrogen-bond acceptors (Lipinski definition) is 1. The lowest BCUT2D eigenvalue weighted by Gasteiger charge is -2.02. The first-order valence-corrected chi connectivity index (χ1v) is 4.61. The molecular weight excluding hydrogens is 186 g/mol. The highest BCUT2D eigenvalue weighted by molar-refractivity contribution is 6.30. The SMILES string of the molecule is CCC(=O)NCc1ccc(Cl)cc1. The second-order valence-corrected chi connectivity index (χ2v) is 3.19. The lowest BCUT2D eigenvalue weighted by molar-refractivity contribution is -0.120. The summed E-state index contributed by atoms with van der Waals surface area (Å²) in [6.45, 7) is 2.40. The first-order valence-electron chi connectivity index (χ1n) is 4.23. The van der Waals surface area contributed by atoms with Gasteiger partial charge in [-0.3, -0.25) is 4.79 Å². The molecular formula is C10H12ClNO. The maximum absolute atomic E-state index is 10.9. The van der Waals surface area contributed by atoms with Crippen molar-refractivity contribution in [3.63, 3.8) is 0 Å². The Balaban J connectivity index is 2.46. The average molecular weight is 198 g/mol. The monoisotopic (exact) mass is 197 g/mol. The van der Waals surface area contributed by atoms with E-state index in [9.17, 15) is 4.79 Å². The van der Waals surface area contributed by atoms with Crippen LogP contribution in [0.1, 0.15) is 18.9 Å². The van der Waals surface area contributed by atoms with E-state index in [2.05, 4.69) is 5.32 Å². The zero-order valence-electron chi connectivity index (χ0n) is 7.51. The van der Waals surface area contributed by atoms with Crippen molar-refractivity contribution in [2.24, 2.45) is 0 Å². The van der Waals surface area contributed by atoms with Gasteiger partial charge in [0.05, 0.1) is 0 Å². The molecule has 70 valence electrons. The second kappa shape index (κ2) is 4.87. The minimum Gasteiger partial charge on any atom is -0.352 e. The summed E-state index contributed by atoms with van der Waals surface area (Å²) < 4.78 is 0. The van der Waals surface area contributed by atoms with E-state index < -0.39 is 0 Å². The number of halogens is 1. The molecule has 0 aliphatic rings. The van der Waals surface area contributed by atoms with Gasteiger partial charge in [-0.15, -0.1) is 0 Å². The van der Waals surface area contributed by atoms with Gasteiger partial charge in [0.1, 0.15) is 0 Å². The number of carbonyl (C=O) groups is 1. The van der Waals surface area contributed by atoms with E-state index in [0.717, 1.165) is 5.56 Å². The number of amides is 1. The van der Waals surface area contributed by atoms with Crippen LogP contribution in [0.25, 0.3) is 0 Å². The molecule has 1 aromatic rings. The summed E-state index contributed by atoms with van der Waals surface area (Å²) in [7, 11) is 0. The van der Waals surface area contributed by atoms with E-state index in [-0.39, 0.29) is 5.91 Å². The lowest BCUT2D eigenvalue weighted by atomic mass is 10.2. The van der Waals surface area contributed by atoms with Crippen molar-refractivity contribution < 1.29 is 4.79 Å². The molecule has 0 spiro atoms. The van der Waals surface area contributed by atoms with Crippen LogP contribution in [-0.4, -0.2) is 5.91 Å². The molecule has 0 radical (unpaired) electrons. The van der Waals surface area contributed by atoms with Crippen LogP contribution >= 0.6 is 11.6 Å².